The fraction of sp³-hybridized carbons (Fsp3) is 0.286. The van der Waals surface area contributed by atoms with Crippen LogP contribution in [0.15, 0.2) is 23.0 Å². The normalized spacial score (nSPS) is 10.5. The Kier molecular flexibility index (Phi) is 3.55. The summed E-state index contributed by atoms with van der Waals surface area (Å²) in [4.78, 5) is 18.4. The topological polar surface area (TPSA) is 81.0 Å². The molecule has 19 heavy (non-hydrogen) atoms. The predicted molar refractivity (Wildman–Crippen MR) is 74.6 cm³/mol. The third-order valence-electron chi connectivity index (χ3n) is 2.88. The van der Waals surface area contributed by atoms with E-state index in [0.717, 1.165) is 16.8 Å². The van der Waals surface area contributed by atoms with Crippen LogP contribution in [-0.4, -0.2) is 9.97 Å². The number of nitrogen functional groups attached to an aromatic ring is 1. The molecule has 0 fully saturated rings. The van der Waals surface area contributed by atoms with Gasteiger partial charge in [-0.05, 0) is 37.1 Å². The monoisotopic (exact) mass is 259 g/mol. The minimum absolute atomic E-state index is 0.216. The van der Waals surface area contributed by atoms with E-state index in [-0.39, 0.29) is 5.56 Å². The molecule has 1 aromatic carbocycles. The molecule has 1 aromatic heterocycles. The number of nitrogens with one attached hydrogen (secondary N) is 1. The molecule has 0 aliphatic rings. The van der Waals surface area contributed by atoms with Crippen molar-refractivity contribution in [2.24, 2.45) is 0 Å². The minimum atomic E-state index is -0.216. The lowest BCUT2D eigenvalue weighted by molar-refractivity contribution is 0.454. The highest BCUT2D eigenvalue weighted by atomic mass is 16.5. The number of nitrogens with two attached hydrogens (primary N) is 1. The van der Waals surface area contributed by atoms with Gasteiger partial charge in [0.2, 0.25) is 5.88 Å². The smallest absolute Gasteiger partial charge is 0.254 e. The fourth-order valence-electron chi connectivity index (χ4n) is 1.74. The summed E-state index contributed by atoms with van der Waals surface area (Å²) in [6.45, 7) is 5.73. The van der Waals surface area contributed by atoms with Gasteiger partial charge in [0.05, 0.1) is 6.07 Å². The summed E-state index contributed by atoms with van der Waals surface area (Å²) in [6.07, 6.45) is 0.645. The highest BCUT2D eigenvalue weighted by Crippen LogP contribution is 2.27. The number of aryl methyl sites for hydroxylation is 3. The first kappa shape index (κ1) is 13.1. The second-order valence-electron chi connectivity index (χ2n) is 4.46. The standard InChI is InChI=1S/C14H17N3O2/c1-4-12-16-13(18)7-14(17-12)19-11-6-8(2)10(15)5-9(11)3/h5-7H,4,15H2,1-3H3,(H,16,17,18). The first-order valence-corrected chi connectivity index (χ1v) is 6.14. The van der Waals surface area contributed by atoms with Crippen molar-refractivity contribution in [3.63, 3.8) is 0 Å². The van der Waals surface area contributed by atoms with E-state index in [1.54, 1.807) is 0 Å². The van der Waals surface area contributed by atoms with E-state index in [0.29, 0.717) is 23.9 Å². The van der Waals surface area contributed by atoms with Gasteiger partial charge in [0, 0.05) is 12.1 Å². The van der Waals surface area contributed by atoms with Gasteiger partial charge in [0.15, 0.2) is 0 Å². The predicted octanol–water partition coefficient (Wildman–Crippen LogP) is 2.32. The molecule has 0 bridgehead atoms. The molecule has 0 radical (unpaired) electrons. The number of hydrogen-bond acceptors (Lipinski definition) is 4. The van der Waals surface area contributed by atoms with E-state index in [2.05, 4.69) is 9.97 Å². The molecule has 100 valence electrons. The molecule has 0 unspecified atom stereocenters. The number of H-pyrrole nitrogens is 1. The molecule has 0 atom stereocenters. The lowest BCUT2D eigenvalue weighted by Gasteiger charge is -2.10. The maximum atomic E-state index is 11.5. The second kappa shape index (κ2) is 5.14. The molecule has 3 N–H and O–H groups in total. The molecular formula is C14H17N3O2. The van der Waals surface area contributed by atoms with Gasteiger partial charge in [-0.2, -0.15) is 4.98 Å². The first-order chi connectivity index (χ1) is 8.99. The largest absolute Gasteiger partial charge is 0.438 e. The van der Waals surface area contributed by atoms with Crippen LogP contribution in [0.25, 0.3) is 0 Å². The van der Waals surface area contributed by atoms with Crippen molar-refractivity contribution in [1.82, 2.24) is 9.97 Å². The molecule has 5 nitrogen and oxygen atoms in total. The third-order valence-corrected chi connectivity index (χ3v) is 2.88. The molecule has 0 aliphatic heterocycles. The molecule has 0 saturated carbocycles. The zero-order chi connectivity index (χ0) is 14.0. The van der Waals surface area contributed by atoms with Crippen LogP contribution in [-0.2, 0) is 6.42 Å². The van der Waals surface area contributed by atoms with Crippen LogP contribution in [0.3, 0.4) is 0 Å². The van der Waals surface area contributed by atoms with Crippen LogP contribution in [0.2, 0.25) is 0 Å². The maximum absolute atomic E-state index is 11.5. The fourth-order valence-corrected chi connectivity index (χ4v) is 1.74. The van der Waals surface area contributed by atoms with Crippen LogP contribution in [0.4, 0.5) is 5.69 Å². The lowest BCUT2D eigenvalue weighted by Crippen LogP contribution is -2.10. The summed E-state index contributed by atoms with van der Waals surface area (Å²) in [5.41, 5.74) is 8.17. The molecular weight excluding hydrogens is 242 g/mol. The number of anilines is 1. The molecule has 0 amide bonds. The highest BCUT2D eigenvalue weighted by Gasteiger charge is 2.07. The number of rotatable bonds is 3. The van der Waals surface area contributed by atoms with Crippen molar-refractivity contribution in [2.75, 3.05) is 5.73 Å². The minimum Gasteiger partial charge on any atom is -0.438 e. The van der Waals surface area contributed by atoms with Gasteiger partial charge in [-0.3, -0.25) is 4.79 Å². The molecule has 0 saturated heterocycles. The van der Waals surface area contributed by atoms with Crippen LogP contribution < -0.4 is 16.0 Å². The van der Waals surface area contributed by atoms with Gasteiger partial charge in [-0.15, -0.1) is 0 Å². The first-order valence-electron chi connectivity index (χ1n) is 6.14. The molecule has 2 rings (SSSR count). The second-order valence-corrected chi connectivity index (χ2v) is 4.46. The van der Waals surface area contributed by atoms with Gasteiger partial charge in [-0.25, -0.2) is 0 Å². The van der Waals surface area contributed by atoms with Crippen molar-refractivity contribution >= 4 is 5.69 Å². The number of hydrogen-bond donors (Lipinski definition) is 2. The summed E-state index contributed by atoms with van der Waals surface area (Å²) < 4.78 is 5.68. The average Bonchev–Trinajstić information content (AvgIpc) is 2.35. The third kappa shape index (κ3) is 2.93. The Balaban J connectivity index is 2.38. The summed E-state index contributed by atoms with van der Waals surface area (Å²) in [5.74, 6) is 1.56. The molecule has 0 aliphatic carbocycles. The summed E-state index contributed by atoms with van der Waals surface area (Å²) in [6, 6.07) is 5.03. The Morgan fingerprint density at radius 1 is 1.26 bits per heavy atom. The van der Waals surface area contributed by atoms with Gasteiger partial charge >= 0.3 is 0 Å². The average molecular weight is 259 g/mol. The van der Waals surface area contributed by atoms with Gasteiger partial charge in [-0.1, -0.05) is 6.92 Å². The van der Waals surface area contributed by atoms with E-state index in [1.165, 1.54) is 6.07 Å². The number of ether oxygens (including phenoxy) is 1. The maximum Gasteiger partial charge on any atom is 0.254 e. The van der Waals surface area contributed by atoms with Crippen molar-refractivity contribution in [3.8, 4) is 11.6 Å². The SMILES string of the molecule is CCc1nc(Oc2cc(C)c(N)cc2C)cc(=O)[nH]1. The van der Waals surface area contributed by atoms with Gasteiger partial charge in [0.1, 0.15) is 11.6 Å². The van der Waals surface area contributed by atoms with E-state index in [4.69, 9.17) is 10.5 Å². The van der Waals surface area contributed by atoms with Crippen molar-refractivity contribution in [3.05, 3.63) is 45.5 Å². The highest BCUT2D eigenvalue weighted by molar-refractivity contribution is 5.54. The van der Waals surface area contributed by atoms with Crippen LogP contribution >= 0.6 is 0 Å². The van der Waals surface area contributed by atoms with E-state index in [9.17, 15) is 4.79 Å². The Morgan fingerprint density at radius 3 is 2.68 bits per heavy atom. The van der Waals surface area contributed by atoms with Crippen LogP contribution in [0, 0.1) is 13.8 Å². The van der Waals surface area contributed by atoms with E-state index in [1.807, 2.05) is 32.9 Å². The van der Waals surface area contributed by atoms with Crippen LogP contribution in [0.1, 0.15) is 23.9 Å². The van der Waals surface area contributed by atoms with Crippen molar-refractivity contribution < 1.29 is 4.74 Å². The Morgan fingerprint density at radius 2 is 2.00 bits per heavy atom. The quantitative estimate of drug-likeness (QED) is 0.829. The summed E-state index contributed by atoms with van der Waals surface area (Å²) in [5, 5.41) is 0. The zero-order valence-corrected chi connectivity index (χ0v) is 11.3. The zero-order valence-electron chi connectivity index (χ0n) is 11.3. The molecule has 5 heteroatoms. The lowest BCUT2D eigenvalue weighted by atomic mass is 10.1. The molecule has 0 spiro atoms. The van der Waals surface area contributed by atoms with Crippen molar-refractivity contribution in [2.45, 2.75) is 27.2 Å². The number of aromatic nitrogens is 2. The summed E-state index contributed by atoms with van der Waals surface area (Å²) >= 11 is 0. The molecule has 2 aromatic rings. The van der Waals surface area contributed by atoms with Crippen molar-refractivity contribution in [1.29, 1.82) is 0 Å². The summed E-state index contributed by atoms with van der Waals surface area (Å²) in [7, 11) is 0. The van der Waals surface area contributed by atoms with Gasteiger partial charge < -0.3 is 15.5 Å². The number of benzene rings is 1. The number of nitrogens with zero attached hydrogens (tertiary/aromatic N) is 1. The Bertz CT molecular complexity index is 662. The Labute approximate surface area is 111 Å². The van der Waals surface area contributed by atoms with E-state index < -0.39 is 0 Å². The number of aromatic amines is 1. The van der Waals surface area contributed by atoms with Gasteiger partial charge in [0.25, 0.3) is 5.56 Å². The van der Waals surface area contributed by atoms with E-state index >= 15 is 0 Å². The molecule has 1 heterocycles. The van der Waals surface area contributed by atoms with Crippen LogP contribution in [0.5, 0.6) is 11.6 Å². The Hall–Kier alpha value is -2.30.